The molecular formula is C18H28N2O3. The highest BCUT2D eigenvalue weighted by atomic mass is 16.5. The fourth-order valence-electron chi connectivity index (χ4n) is 2.97. The van der Waals surface area contributed by atoms with Crippen molar-refractivity contribution in [1.82, 2.24) is 4.90 Å². The third kappa shape index (κ3) is 5.22. The van der Waals surface area contributed by atoms with Crippen molar-refractivity contribution in [2.24, 2.45) is 5.92 Å². The topological polar surface area (TPSA) is 61.8 Å². The molecule has 0 saturated carbocycles. The van der Waals surface area contributed by atoms with Crippen LogP contribution in [0.25, 0.3) is 0 Å². The summed E-state index contributed by atoms with van der Waals surface area (Å²) in [5.41, 5.74) is 1.66. The van der Waals surface area contributed by atoms with Crippen molar-refractivity contribution in [2.45, 2.75) is 32.2 Å². The van der Waals surface area contributed by atoms with Crippen molar-refractivity contribution in [3.05, 3.63) is 29.8 Å². The Kier molecular flexibility index (Phi) is 6.86. The summed E-state index contributed by atoms with van der Waals surface area (Å²) in [4.78, 5) is 14.5. The summed E-state index contributed by atoms with van der Waals surface area (Å²) in [7, 11) is 1.70. The summed E-state index contributed by atoms with van der Waals surface area (Å²) in [5.74, 6) is 0.263. The predicted molar refractivity (Wildman–Crippen MR) is 91.7 cm³/mol. The molecule has 0 spiro atoms. The molecule has 0 radical (unpaired) electrons. The number of hydrogen-bond donors (Lipinski definition) is 2. The van der Waals surface area contributed by atoms with Crippen LogP contribution in [0, 0.1) is 5.92 Å². The van der Waals surface area contributed by atoms with Crippen LogP contribution in [0.3, 0.4) is 0 Å². The van der Waals surface area contributed by atoms with Gasteiger partial charge in [-0.3, -0.25) is 4.79 Å². The number of carbonyl (C=O) groups excluding carboxylic acids is 1. The molecule has 1 amide bonds. The zero-order valence-electron chi connectivity index (χ0n) is 14.1. The molecule has 0 bridgehead atoms. The van der Waals surface area contributed by atoms with Gasteiger partial charge in [0.1, 0.15) is 0 Å². The lowest BCUT2D eigenvalue weighted by Gasteiger charge is -2.32. The van der Waals surface area contributed by atoms with Gasteiger partial charge in [0.2, 0.25) is 0 Å². The number of amides is 1. The maximum atomic E-state index is 12.7. The number of benzene rings is 1. The predicted octanol–water partition coefficient (Wildman–Crippen LogP) is 2.37. The van der Waals surface area contributed by atoms with Gasteiger partial charge in [0.25, 0.3) is 5.91 Å². The van der Waals surface area contributed by atoms with Gasteiger partial charge in [-0.2, -0.15) is 0 Å². The van der Waals surface area contributed by atoms with Gasteiger partial charge in [-0.05, 0) is 50.3 Å². The number of aliphatic hydroxyl groups is 1. The number of carbonyl (C=O) groups is 1. The van der Waals surface area contributed by atoms with Crippen LogP contribution in [0.5, 0.6) is 0 Å². The van der Waals surface area contributed by atoms with E-state index >= 15 is 0 Å². The number of aliphatic hydroxyl groups excluding tert-OH is 1. The molecule has 5 nitrogen and oxygen atoms in total. The van der Waals surface area contributed by atoms with Gasteiger partial charge in [0.15, 0.2) is 0 Å². The van der Waals surface area contributed by atoms with E-state index in [-0.39, 0.29) is 24.5 Å². The molecule has 128 valence electrons. The first-order valence-corrected chi connectivity index (χ1v) is 8.39. The molecule has 1 aliphatic heterocycles. The molecule has 2 N–H and O–H groups in total. The first-order chi connectivity index (χ1) is 11.1. The lowest BCUT2D eigenvalue weighted by molar-refractivity contribution is 0.0620. The third-order valence-corrected chi connectivity index (χ3v) is 4.34. The van der Waals surface area contributed by atoms with Crippen molar-refractivity contribution in [3.63, 3.8) is 0 Å². The average Bonchev–Trinajstić information content (AvgIpc) is 2.59. The Labute approximate surface area is 138 Å². The van der Waals surface area contributed by atoms with E-state index in [1.807, 2.05) is 29.2 Å². The van der Waals surface area contributed by atoms with E-state index in [1.165, 1.54) is 0 Å². The zero-order chi connectivity index (χ0) is 16.7. The number of nitrogens with zero attached hydrogens (tertiary/aromatic N) is 1. The molecule has 1 fully saturated rings. The summed E-state index contributed by atoms with van der Waals surface area (Å²) >= 11 is 0. The molecule has 1 saturated heterocycles. The van der Waals surface area contributed by atoms with Gasteiger partial charge in [-0.1, -0.05) is 6.07 Å². The van der Waals surface area contributed by atoms with Crippen molar-refractivity contribution >= 4 is 11.6 Å². The highest BCUT2D eigenvalue weighted by Crippen LogP contribution is 2.20. The maximum Gasteiger partial charge on any atom is 0.253 e. The molecule has 1 aliphatic rings. The van der Waals surface area contributed by atoms with Crippen molar-refractivity contribution in [3.8, 4) is 0 Å². The summed E-state index contributed by atoms with van der Waals surface area (Å²) in [6, 6.07) is 7.94. The van der Waals surface area contributed by atoms with Crippen LogP contribution in [0.1, 0.15) is 36.5 Å². The Bertz CT molecular complexity index is 507. The van der Waals surface area contributed by atoms with Gasteiger partial charge in [-0.25, -0.2) is 0 Å². The minimum absolute atomic E-state index is 0.0522. The van der Waals surface area contributed by atoms with Crippen LogP contribution in [-0.2, 0) is 4.74 Å². The van der Waals surface area contributed by atoms with Gasteiger partial charge in [0.05, 0.1) is 0 Å². The molecular weight excluding hydrogens is 292 g/mol. The van der Waals surface area contributed by atoms with Gasteiger partial charge in [-0.15, -0.1) is 0 Å². The largest absolute Gasteiger partial charge is 0.396 e. The van der Waals surface area contributed by atoms with Gasteiger partial charge >= 0.3 is 0 Å². The van der Waals surface area contributed by atoms with Crippen LogP contribution >= 0.6 is 0 Å². The van der Waals surface area contributed by atoms with Crippen LogP contribution in [0.15, 0.2) is 24.3 Å². The number of likely N-dealkylation sites (tertiary alicyclic amines) is 1. The average molecular weight is 320 g/mol. The Morgan fingerprint density at radius 3 is 3.09 bits per heavy atom. The molecule has 0 aliphatic carbocycles. The molecule has 23 heavy (non-hydrogen) atoms. The molecule has 2 unspecified atom stereocenters. The highest BCUT2D eigenvalue weighted by Gasteiger charge is 2.24. The highest BCUT2D eigenvalue weighted by molar-refractivity contribution is 5.95. The number of nitrogens with one attached hydrogen (secondary N) is 1. The van der Waals surface area contributed by atoms with Crippen molar-refractivity contribution in [2.75, 3.05) is 38.7 Å². The first-order valence-electron chi connectivity index (χ1n) is 8.39. The fourth-order valence-corrected chi connectivity index (χ4v) is 2.97. The number of methoxy groups -OCH3 is 1. The summed E-state index contributed by atoms with van der Waals surface area (Å²) < 4.78 is 5.09. The lowest BCUT2D eigenvalue weighted by atomic mass is 9.98. The standard InChI is InChI=1S/C18H28N2O3/c1-14(8-10-23-2)19-17-7-3-6-16(11-17)18(22)20-9-4-5-15(12-20)13-21/h3,6-7,11,14-15,19,21H,4-5,8-10,12-13H2,1-2H3. The molecule has 2 rings (SSSR count). The minimum atomic E-state index is 0.0522. The van der Waals surface area contributed by atoms with E-state index in [0.29, 0.717) is 18.7 Å². The number of piperidine rings is 1. The second kappa shape index (κ2) is 8.89. The van der Waals surface area contributed by atoms with E-state index < -0.39 is 0 Å². The van der Waals surface area contributed by atoms with Gasteiger partial charge in [0, 0.05) is 50.7 Å². The number of rotatable bonds is 7. The van der Waals surface area contributed by atoms with Crippen LogP contribution in [0.2, 0.25) is 0 Å². The fraction of sp³-hybridized carbons (Fsp3) is 0.611. The summed E-state index contributed by atoms with van der Waals surface area (Å²) in [6.07, 6.45) is 2.88. The van der Waals surface area contributed by atoms with E-state index in [2.05, 4.69) is 12.2 Å². The molecule has 1 heterocycles. The number of ether oxygens (including phenoxy) is 1. The number of anilines is 1. The third-order valence-electron chi connectivity index (χ3n) is 4.34. The van der Waals surface area contributed by atoms with Crippen LogP contribution < -0.4 is 5.32 Å². The van der Waals surface area contributed by atoms with Crippen LogP contribution in [-0.4, -0.2) is 55.4 Å². The van der Waals surface area contributed by atoms with Crippen LogP contribution in [0.4, 0.5) is 5.69 Å². The van der Waals surface area contributed by atoms with Crippen molar-refractivity contribution in [1.29, 1.82) is 0 Å². The SMILES string of the molecule is COCCC(C)Nc1cccc(C(=O)N2CCCC(CO)C2)c1. The molecule has 1 aromatic rings. The second-order valence-corrected chi connectivity index (χ2v) is 6.35. The van der Waals surface area contributed by atoms with E-state index in [1.54, 1.807) is 7.11 Å². The molecule has 2 atom stereocenters. The Hall–Kier alpha value is -1.59. The Morgan fingerprint density at radius 1 is 1.52 bits per heavy atom. The molecule has 5 heteroatoms. The van der Waals surface area contributed by atoms with E-state index in [9.17, 15) is 9.90 Å². The number of hydrogen-bond acceptors (Lipinski definition) is 4. The van der Waals surface area contributed by atoms with E-state index in [4.69, 9.17) is 4.74 Å². The second-order valence-electron chi connectivity index (χ2n) is 6.35. The van der Waals surface area contributed by atoms with E-state index in [0.717, 1.165) is 31.5 Å². The zero-order valence-corrected chi connectivity index (χ0v) is 14.1. The summed E-state index contributed by atoms with van der Waals surface area (Å²) in [5, 5.41) is 12.7. The smallest absolute Gasteiger partial charge is 0.253 e. The Balaban J connectivity index is 1.99. The molecule has 0 aromatic heterocycles. The molecule has 1 aromatic carbocycles. The maximum absolute atomic E-state index is 12.7. The quantitative estimate of drug-likeness (QED) is 0.810. The van der Waals surface area contributed by atoms with Gasteiger partial charge < -0.3 is 20.1 Å². The summed E-state index contributed by atoms with van der Waals surface area (Å²) in [6.45, 7) is 4.39. The lowest BCUT2D eigenvalue weighted by Crippen LogP contribution is -2.40. The monoisotopic (exact) mass is 320 g/mol. The minimum Gasteiger partial charge on any atom is -0.396 e. The normalized spacial score (nSPS) is 19.4. The first kappa shape index (κ1) is 17.8. The Morgan fingerprint density at radius 2 is 2.35 bits per heavy atom. The van der Waals surface area contributed by atoms with Crippen molar-refractivity contribution < 1.29 is 14.6 Å².